The van der Waals surface area contributed by atoms with Crippen LogP contribution in [-0.4, -0.2) is 39.9 Å². The van der Waals surface area contributed by atoms with Gasteiger partial charge in [0.25, 0.3) is 5.91 Å². The number of hydrogen-bond acceptors (Lipinski definition) is 4. The van der Waals surface area contributed by atoms with Gasteiger partial charge in [-0.2, -0.15) is 0 Å². The lowest BCUT2D eigenvalue weighted by molar-refractivity contribution is 0.0717. The highest BCUT2D eigenvalue weighted by molar-refractivity contribution is 5.96. The highest BCUT2D eigenvalue weighted by atomic mass is 16.3. The number of carbonyl (C=O) groups is 1. The van der Waals surface area contributed by atoms with E-state index in [1.54, 1.807) is 6.07 Å². The first kappa shape index (κ1) is 14.5. The van der Waals surface area contributed by atoms with Crippen LogP contribution >= 0.6 is 0 Å². The first-order chi connectivity index (χ1) is 9.72. The zero-order chi connectivity index (χ0) is 14.4. The molecule has 1 aromatic heterocycles. The van der Waals surface area contributed by atoms with E-state index in [1.165, 1.54) is 12.4 Å². The molecule has 0 bridgehead atoms. The number of rotatable bonds is 2. The molecule has 1 saturated carbocycles. The molecular weight excluding hydrogens is 256 g/mol. The van der Waals surface area contributed by atoms with Crippen LogP contribution in [0.1, 0.15) is 41.6 Å². The molecule has 2 atom stereocenters. The van der Waals surface area contributed by atoms with Gasteiger partial charge in [-0.05, 0) is 18.9 Å². The quantitative estimate of drug-likeness (QED) is 0.684. The molecule has 1 amide bonds. The van der Waals surface area contributed by atoms with E-state index in [0.717, 1.165) is 25.7 Å². The fraction of sp³-hybridized carbons (Fsp3) is 0.467. The summed E-state index contributed by atoms with van der Waals surface area (Å²) in [5, 5.41) is 21.5. The Bertz CT molecular complexity index is 533. The van der Waals surface area contributed by atoms with Crippen LogP contribution in [0.4, 0.5) is 0 Å². The molecule has 5 heteroatoms. The van der Waals surface area contributed by atoms with Gasteiger partial charge < -0.3 is 15.5 Å². The van der Waals surface area contributed by atoms with Gasteiger partial charge in [-0.15, -0.1) is 0 Å². The first-order valence-electron chi connectivity index (χ1n) is 6.75. The molecule has 0 aliphatic heterocycles. The molecule has 20 heavy (non-hydrogen) atoms. The molecule has 0 radical (unpaired) electrons. The summed E-state index contributed by atoms with van der Waals surface area (Å²) in [4.78, 5) is 16.2. The fourth-order valence-electron chi connectivity index (χ4n) is 2.35. The highest BCUT2D eigenvalue weighted by Gasteiger charge is 2.25. The summed E-state index contributed by atoms with van der Waals surface area (Å²) in [6, 6.07) is 1.38. The Kier molecular flexibility index (Phi) is 5.10. The Morgan fingerprint density at radius 2 is 2.25 bits per heavy atom. The minimum absolute atomic E-state index is 0.205. The second-order valence-electron chi connectivity index (χ2n) is 4.81. The average Bonchev–Trinajstić information content (AvgIpc) is 2.47. The van der Waals surface area contributed by atoms with Crippen LogP contribution in [0.25, 0.3) is 0 Å². The van der Waals surface area contributed by atoms with Gasteiger partial charge in [0, 0.05) is 12.4 Å². The van der Waals surface area contributed by atoms with Crippen molar-refractivity contribution in [3.63, 3.8) is 0 Å². The smallest absolute Gasteiger partial charge is 0.252 e. The maximum absolute atomic E-state index is 12.3. The van der Waals surface area contributed by atoms with Gasteiger partial charge in [-0.3, -0.25) is 9.78 Å². The molecule has 0 aromatic carbocycles. The third kappa shape index (κ3) is 3.56. The third-order valence-electron chi connectivity index (χ3n) is 3.41. The van der Waals surface area contributed by atoms with Gasteiger partial charge >= 0.3 is 0 Å². The molecule has 0 spiro atoms. The van der Waals surface area contributed by atoms with Gasteiger partial charge in [0.1, 0.15) is 6.61 Å². The van der Waals surface area contributed by atoms with Crippen molar-refractivity contribution in [1.82, 2.24) is 10.3 Å². The zero-order valence-electron chi connectivity index (χ0n) is 11.2. The molecule has 1 aliphatic carbocycles. The van der Waals surface area contributed by atoms with Crippen molar-refractivity contribution in [3.05, 3.63) is 29.6 Å². The molecule has 1 heterocycles. The molecule has 5 nitrogen and oxygen atoms in total. The number of nitrogens with one attached hydrogen (secondary N) is 1. The third-order valence-corrected chi connectivity index (χ3v) is 3.41. The Morgan fingerprint density at radius 1 is 1.45 bits per heavy atom. The second kappa shape index (κ2) is 7.04. The number of nitrogens with zero attached hydrogens (tertiary/aromatic N) is 1. The van der Waals surface area contributed by atoms with E-state index in [1.807, 2.05) is 0 Å². The lowest BCUT2D eigenvalue weighted by Crippen LogP contribution is -2.45. The van der Waals surface area contributed by atoms with Crippen molar-refractivity contribution in [2.45, 2.75) is 37.8 Å². The van der Waals surface area contributed by atoms with Gasteiger partial charge in [-0.25, -0.2) is 0 Å². The summed E-state index contributed by atoms with van der Waals surface area (Å²) >= 11 is 0. The van der Waals surface area contributed by atoms with E-state index < -0.39 is 6.10 Å². The van der Waals surface area contributed by atoms with Crippen molar-refractivity contribution in [2.75, 3.05) is 6.61 Å². The highest BCUT2D eigenvalue weighted by Crippen LogP contribution is 2.19. The van der Waals surface area contributed by atoms with Crippen LogP contribution in [0.2, 0.25) is 0 Å². The summed E-state index contributed by atoms with van der Waals surface area (Å²) in [6.07, 6.45) is 6.05. The minimum atomic E-state index is -0.485. The number of amides is 1. The Labute approximate surface area is 118 Å². The topological polar surface area (TPSA) is 82.5 Å². The van der Waals surface area contributed by atoms with Crippen molar-refractivity contribution in [1.29, 1.82) is 0 Å². The maximum Gasteiger partial charge on any atom is 0.252 e. The average molecular weight is 274 g/mol. The molecule has 2 rings (SSSR count). The number of aliphatic hydroxyl groups excluding tert-OH is 2. The van der Waals surface area contributed by atoms with E-state index >= 15 is 0 Å². The van der Waals surface area contributed by atoms with Crippen LogP contribution in [0.5, 0.6) is 0 Å². The normalized spacial score (nSPS) is 21.7. The van der Waals surface area contributed by atoms with Crippen LogP contribution < -0.4 is 5.32 Å². The Hall–Kier alpha value is -1.90. The van der Waals surface area contributed by atoms with Gasteiger partial charge in [-0.1, -0.05) is 24.7 Å². The number of aliphatic hydroxyl groups is 2. The molecule has 1 aromatic rings. The summed E-state index contributed by atoms with van der Waals surface area (Å²) in [7, 11) is 0. The summed E-state index contributed by atoms with van der Waals surface area (Å²) in [5.74, 6) is 4.95. The summed E-state index contributed by atoms with van der Waals surface area (Å²) < 4.78 is 0. The summed E-state index contributed by atoms with van der Waals surface area (Å²) in [5.41, 5.74) is 0.892. The summed E-state index contributed by atoms with van der Waals surface area (Å²) in [6.45, 7) is -0.267. The zero-order valence-corrected chi connectivity index (χ0v) is 11.2. The van der Waals surface area contributed by atoms with E-state index in [9.17, 15) is 9.90 Å². The molecule has 106 valence electrons. The fourth-order valence-corrected chi connectivity index (χ4v) is 2.35. The van der Waals surface area contributed by atoms with Crippen molar-refractivity contribution in [2.24, 2.45) is 0 Å². The standard InChI is InChI=1S/C15H18N2O3/c18-9-3-4-11-10-16-8-7-12(11)15(20)17-13-5-1-2-6-14(13)19/h7-8,10,13-14,18-19H,1-2,5-6,9H2,(H,17,20). The molecule has 3 N–H and O–H groups in total. The number of pyridine rings is 1. The van der Waals surface area contributed by atoms with E-state index in [0.29, 0.717) is 11.1 Å². The lowest BCUT2D eigenvalue weighted by atomic mass is 9.92. The molecule has 1 fully saturated rings. The molecule has 1 aliphatic rings. The molecular formula is C15H18N2O3. The first-order valence-corrected chi connectivity index (χ1v) is 6.75. The number of carbonyl (C=O) groups excluding carboxylic acids is 1. The Balaban J connectivity index is 2.12. The van der Waals surface area contributed by atoms with Crippen LogP contribution in [0.15, 0.2) is 18.5 Å². The van der Waals surface area contributed by atoms with E-state index in [2.05, 4.69) is 22.1 Å². The maximum atomic E-state index is 12.3. The van der Waals surface area contributed by atoms with E-state index in [-0.39, 0.29) is 18.6 Å². The van der Waals surface area contributed by atoms with E-state index in [4.69, 9.17) is 5.11 Å². The van der Waals surface area contributed by atoms with Gasteiger partial charge in [0.05, 0.1) is 23.3 Å². The predicted octanol–water partition coefficient (Wildman–Crippen LogP) is 0.459. The van der Waals surface area contributed by atoms with Crippen molar-refractivity contribution < 1.29 is 15.0 Å². The van der Waals surface area contributed by atoms with Gasteiger partial charge in [0.2, 0.25) is 0 Å². The second-order valence-corrected chi connectivity index (χ2v) is 4.81. The monoisotopic (exact) mass is 274 g/mol. The predicted molar refractivity (Wildman–Crippen MR) is 73.9 cm³/mol. The van der Waals surface area contributed by atoms with Crippen molar-refractivity contribution in [3.8, 4) is 11.8 Å². The number of aromatic nitrogens is 1. The van der Waals surface area contributed by atoms with Crippen LogP contribution in [0, 0.1) is 11.8 Å². The van der Waals surface area contributed by atoms with Gasteiger partial charge in [0.15, 0.2) is 0 Å². The Morgan fingerprint density at radius 3 is 3.00 bits per heavy atom. The van der Waals surface area contributed by atoms with Crippen LogP contribution in [0.3, 0.4) is 0 Å². The number of hydrogen-bond donors (Lipinski definition) is 3. The SMILES string of the molecule is O=C(NC1CCCCC1O)c1ccncc1C#CCO. The molecule has 0 saturated heterocycles. The molecule has 2 unspecified atom stereocenters. The lowest BCUT2D eigenvalue weighted by Gasteiger charge is -2.28. The minimum Gasteiger partial charge on any atom is -0.391 e. The van der Waals surface area contributed by atoms with Crippen LogP contribution in [-0.2, 0) is 0 Å². The van der Waals surface area contributed by atoms with Crippen molar-refractivity contribution >= 4 is 5.91 Å². The largest absolute Gasteiger partial charge is 0.391 e.